The van der Waals surface area contributed by atoms with Gasteiger partial charge in [-0.25, -0.2) is 4.68 Å². The average molecular weight is 431 g/mol. The van der Waals surface area contributed by atoms with Crippen molar-refractivity contribution in [2.45, 2.75) is 20.6 Å². The summed E-state index contributed by atoms with van der Waals surface area (Å²) in [5.74, 6) is 0.157. The van der Waals surface area contributed by atoms with E-state index in [0.29, 0.717) is 28.9 Å². The Bertz CT molecular complexity index is 1030. The number of aromatic nitrogens is 4. The molecule has 2 amide bonds. The van der Waals surface area contributed by atoms with Crippen molar-refractivity contribution < 1.29 is 14.3 Å². The predicted molar refractivity (Wildman–Crippen MR) is 113 cm³/mol. The number of aryl methyl sites for hydroxylation is 1. The van der Waals surface area contributed by atoms with Crippen molar-refractivity contribution in [3.63, 3.8) is 0 Å². The molecule has 9 nitrogen and oxygen atoms in total. The van der Waals surface area contributed by atoms with Crippen LogP contribution in [0.5, 0.6) is 5.75 Å². The monoisotopic (exact) mass is 430 g/mol. The van der Waals surface area contributed by atoms with E-state index in [0.717, 1.165) is 0 Å². The summed E-state index contributed by atoms with van der Waals surface area (Å²) in [7, 11) is 1.64. The van der Waals surface area contributed by atoms with Crippen LogP contribution in [0, 0.1) is 5.92 Å². The topological polar surface area (TPSA) is 103 Å². The van der Waals surface area contributed by atoms with Gasteiger partial charge in [0.15, 0.2) is 6.73 Å². The van der Waals surface area contributed by atoms with Crippen molar-refractivity contribution >= 4 is 29.1 Å². The maximum absolute atomic E-state index is 12.8. The zero-order chi connectivity index (χ0) is 21.7. The Kier molecular flexibility index (Phi) is 6.73. The van der Waals surface area contributed by atoms with E-state index in [1.54, 1.807) is 37.4 Å². The Morgan fingerprint density at radius 1 is 1.13 bits per heavy atom. The number of carbonyl (C=O) groups excluding carboxylic acids is 2. The molecule has 3 aromatic rings. The molecule has 1 aromatic carbocycles. The SMILES string of the molecule is CC(C)CNC(=O)c1c(NC(=O)c2ccnn2COc2ccc(Cl)cc2)cnn1C. The Morgan fingerprint density at radius 2 is 1.87 bits per heavy atom. The first kappa shape index (κ1) is 21.4. The van der Waals surface area contributed by atoms with Gasteiger partial charge in [0, 0.05) is 24.8 Å². The fourth-order valence-electron chi connectivity index (χ4n) is 2.66. The van der Waals surface area contributed by atoms with E-state index >= 15 is 0 Å². The minimum atomic E-state index is -0.432. The summed E-state index contributed by atoms with van der Waals surface area (Å²) >= 11 is 5.87. The Balaban J connectivity index is 1.69. The first-order valence-corrected chi connectivity index (χ1v) is 9.74. The Labute approximate surface area is 179 Å². The molecule has 0 saturated carbocycles. The van der Waals surface area contributed by atoms with Gasteiger partial charge < -0.3 is 15.4 Å². The van der Waals surface area contributed by atoms with Crippen LogP contribution in [-0.2, 0) is 13.8 Å². The second-order valence-electron chi connectivity index (χ2n) is 7.03. The molecule has 0 aliphatic rings. The lowest BCUT2D eigenvalue weighted by molar-refractivity contribution is 0.0940. The molecule has 2 N–H and O–H groups in total. The van der Waals surface area contributed by atoms with Gasteiger partial charge in [-0.1, -0.05) is 25.4 Å². The van der Waals surface area contributed by atoms with Crippen LogP contribution < -0.4 is 15.4 Å². The zero-order valence-corrected chi connectivity index (χ0v) is 17.7. The zero-order valence-electron chi connectivity index (χ0n) is 16.9. The molecule has 0 spiro atoms. The van der Waals surface area contributed by atoms with E-state index in [9.17, 15) is 9.59 Å². The van der Waals surface area contributed by atoms with E-state index in [1.807, 2.05) is 13.8 Å². The van der Waals surface area contributed by atoms with Gasteiger partial charge in [-0.2, -0.15) is 10.2 Å². The van der Waals surface area contributed by atoms with E-state index < -0.39 is 5.91 Å². The van der Waals surface area contributed by atoms with Crippen molar-refractivity contribution in [3.8, 4) is 5.75 Å². The summed E-state index contributed by atoms with van der Waals surface area (Å²) in [4.78, 5) is 25.3. The third-order valence-corrected chi connectivity index (χ3v) is 4.44. The van der Waals surface area contributed by atoms with Crippen molar-refractivity contribution in [1.82, 2.24) is 24.9 Å². The largest absolute Gasteiger partial charge is 0.471 e. The number of amides is 2. The van der Waals surface area contributed by atoms with Crippen LogP contribution in [0.25, 0.3) is 0 Å². The summed E-state index contributed by atoms with van der Waals surface area (Å²) in [6, 6.07) is 8.44. The van der Waals surface area contributed by atoms with Crippen LogP contribution in [0.3, 0.4) is 0 Å². The Hall–Kier alpha value is -3.33. The van der Waals surface area contributed by atoms with Gasteiger partial charge in [0.2, 0.25) is 0 Å². The molecule has 3 rings (SSSR count). The second-order valence-corrected chi connectivity index (χ2v) is 7.47. The van der Waals surface area contributed by atoms with Crippen LogP contribution in [0.1, 0.15) is 34.8 Å². The van der Waals surface area contributed by atoms with Crippen LogP contribution in [-0.4, -0.2) is 37.9 Å². The summed E-state index contributed by atoms with van der Waals surface area (Å²) in [6.45, 7) is 4.55. The number of nitrogens with zero attached hydrogens (tertiary/aromatic N) is 4. The predicted octanol–water partition coefficient (Wildman–Crippen LogP) is 2.94. The number of carbonyl (C=O) groups is 2. The number of nitrogens with one attached hydrogen (secondary N) is 2. The molecule has 0 saturated heterocycles. The van der Waals surface area contributed by atoms with Gasteiger partial charge in [-0.05, 0) is 36.2 Å². The normalized spacial score (nSPS) is 10.8. The maximum Gasteiger partial charge on any atom is 0.274 e. The van der Waals surface area contributed by atoms with E-state index in [2.05, 4.69) is 20.8 Å². The van der Waals surface area contributed by atoms with Crippen LogP contribution in [0.4, 0.5) is 5.69 Å². The highest BCUT2D eigenvalue weighted by Crippen LogP contribution is 2.18. The minimum Gasteiger partial charge on any atom is -0.471 e. The van der Waals surface area contributed by atoms with Crippen LogP contribution in [0.2, 0.25) is 5.02 Å². The number of benzene rings is 1. The van der Waals surface area contributed by atoms with Gasteiger partial charge in [-0.3, -0.25) is 14.3 Å². The number of halogens is 1. The number of ether oxygens (including phenoxy) is 1. The molecule has 10 heteroatoms. The molecule has 0 bridgehead atoms. The van der Waals surface area contributed by atoms with Gasteiger partial charge in [0.1, 0.15) is 17.1 Å². The lowest BCUT2D eigenvalue weighted by atomic mass is 10.2. The molecule has 0 radical (unpaired) electrons. The summed E-state index contributed by atoms with van der Waals surface area (Å²) in [5.41, 5.74) is 0.865. The molecule has 0 unspecified atom stereocenters. The van der Waals surface area contributed by atoms with Crippen molar-refractivity contribution in [3.05, 3.63) is 59.1 Å². The average Bonchev–Trinajstić information content (AvgIpc) is 3.32. The number of hydrogen-bond acceptors (Lipinski definition) is 5. The van der Waals surface area contributed by atoms with Crippen molar-refractivity contribution in [2.75, 3.05) is 11.9 Å². The lowest BCUT2D eigenvalue weighted by Gasteiger charge is -2.11. The smallest absolute Gasteiger partial charge is 0.274 e. The van der Waals surface area contributed by atoms with E-state index in [1.165, 1.54) is 21.8 Å². The standard InChI is InChI=1S/C20H23ClN6O3/c1-13(2)10-22-20(29)18-16(11-24-26(18)3)25-19(28)17-8-9-23-27(17)12-30-15-6-4-14(21)5-7-15/h4-9,11,13H,10,12H2,1-3H3,(H,22,29)(H,25,28). The number of hydrogen-bond donors (Lipinski definition) is 2. The Morgan fingerprint density at radius 3 is 2.57 bits per heavy atom. The highest BCUT2D eigenvalue weighted by atomic mass is 35.5. The molecule has 0 aliphatic heterocycles. The summed E-state index contributed by atoms with van der Waals surface area (Å²) < 4.78 is 8.49. The maximum atomic E-state index is 12.8. The van der Waals surface area contributed by atoms with Crippen LogP contribution in [0.15, 0.2) is 42.7 Å². The second kappa shape index (κ2) is 9.45. The van der Waals surface area contributed by atoms with Gasteiger partial charge in [0.25, 0.3) is 11.8 Å². The molecule has 0 atom stereocenters. The highest BCUT2D eigenvalue weighted by Gasteiger charge is 2.21. The molecular formula is C20H23ClN6O3. The summed E-state index contributed by atoms with van der Waals surface area (Å²) in [5, 5.41) is 14.4. The van der Waals surface area contributed by atoms with Gasteiger partial charge >= 0.3 is 0 Å². The van der Waals surface area contributed by atoms with Crippen molar-refractivity contribution in [1.29, 1.82) is 0 Å². The molecule has 30 heavy (non-hydrogen) atoms. The molecular weight excluding hydrogens is 408 g/mol. The quantitative estimate of drug-likeness (QED) is 0.572. The molecule has 2 aromatic heterocycles. The van der Waals surface area contributed by atoms with E-state index in [4.69, 9.17) is 16.3 Å². The fourth-order valence-corrected chi connectivity index (χ4v) is 2.79. The number of rotatable bonds is 8. The van der Waals surface area contributed by atoms with E-state index in [-0.39, 0.29) is 24.0 Å². The third-order valence-electron chi connectivity index (χ3n) is 4.19. The minimum absolute atomic E-state index is 0.0339. The summed E-state index contributed by atoms with van der Waals surface area (Å²) in [6.07, 6.45) is 2.94. The van der Waals surface area contributed by atoms with Gasteiger partial charge in [0.05, 0.1) is 11.9 Å². The lowest BCUT2D eigenvalue weighted by Crippen LogP contribution is -2.30. The van der Waals surface area contributed by atoms with Crippen molar-refractivity contribution in [2.24, 2.45) is 13.0 Å². The highest BCUT2D eigenvalue weighted by molar-refractivity contribution is 6.30. The molecule has 2 heterocycles. The molecule has 0 fully saturated rings. The molecule has 0 aliphatic carbocycles. The third kappa shape index (κ3) is 5.18. The van der Waals surface area contributed by atoms with Crippen LogP contribution >= 0.6 is 11.6 Å². The first-order valence-electron chi connectivity index (χ1n) is 9.37. The number of anilines is 1. The fraction of sp³-hybridized carbons (Fsp3) is 0.300. The first-order chi connectivity index (χ1) is 14.3. The molecule has 158 valence electrons. The van der Waals surface area contributed by atoms with Gasteiger partial charge in [-0.15, -0.1) is 0 Å².